The first-order chi connectivity index (χ1) is 7.60. The van der Waals surface area contributed by atoms with Gasteiger partial charge in [-0.2, -0.15) is 4.98 Å². The van der Waals surface area contributed by atoms with Crippen LogP contribution in [-0.4, -0.2) is 59.6 Å². The summed E-state index contributed by atoms with van der Waals surface area (Å²) in [6, 6.07) is 0. The fourth-order valence-corrected chi connectivity index (χ4v) is 1.14. The van der Waals surface area contributed by atoms with Gasteiger partial charge >= 0.3 is 7.12 Å². The van der Waals surface area contributed by atoms with Gasteiger partial charge in [0.15, 0.2) is 0 Å². The van der Waals surface area contributed by atoms with E-state index in [4.69, 9.17) is 19.9 Å². The Kier molecular flexibility index (Phi) is 4.47. The molecule has 7 nitrogen and oxygen atoms in total. The zero-order chi connectivity index (χ0) is 12.1. The number of methoxy groups -OCH3 is 1. The molecule has 0 radical (unpaired) electrons. The average molecular weight is 227 g/mol. The third kappa shape index (κ3) is 2.81. The Hall–Kier alpha value is -1.38. The van der Waals surface area contributed by atoms with Gasteiger partial charge < -0.3 is 24.8 Å². The highest BCUT2D eigenvalue weighted by Gasteiger charge is 2.20. The van der Waals surface area contributed by atoms with Crippen LogP contribution in [0.4, 0.5) is 5.95 Å². The van der Waals surface area contributed by atoms with Gasteiger partial charge in [-0.1, -0.05) is 0 Å². The van der Waals surface area contributed by atoms with Gasteiger partial charge in [-0.15, -0.1) is 0 Å². The molecule has 1 aromatic heterocycles. The van der Waals surface area contributed by atoms with Crippen molar-refractivity contribution >= 4 is 18.5 Å². The van der Waals surface area contributed by atoms with E-state index >= 15 is 0 Å². The molecule has 0 atom stereocenters. The van der Waals surface area contributed by atoms with Gasteiger partial charge in [0.2, 0.25) is 11.8 Å². The molecular formula is C8H14BN3O4. The number of ether oxygens (including phenoxy) is 1. The Balaban J connectivity index is 2.99. The van der Waals surface area contributed by atoms with E-state index < -0.39 is 7.12 Å². The molecule has 0 saturated heterocycles. The van der Waals surface area contributed by atoms with Gasteiger partial charge in [-0.3, -0.25) is 0 Å². The van der Waals surface area contributed by atoms with Crippen LogP contribution >= 0.6 is 0 Å². The summed E-state index contributed by atoms with van der Waals surface area (Å²) in [5.41, 5.74) is 0.101. The standard InChI is InChI=1S/C8H14BN3O4/c1-12(3-4-13)8-10-5-6(9(14)15)7(11-8)16-2/h5,13-15H,3-4H2,1-2H3. The zero-order valence-corrected chi connectivity index (χ0v) is 9.16. The average Bonchev–Trinajstić information content (AvgIpc) is 2.28. The summed E-state index contributed by atoms with van der Waals surface area (Å²) >= 11 is 0. The van der Waals surface area contributed by atoms with Crippen LogP contribution in [0.5, 0.6) is 5.88 Å². The molecule has 0 saturated carbocycles. The molecule has 0 spiro atoms. The molecule has 0 bridgehead atoms. The van der Waals surface area contributed by atoms with E-state index in [1.807, 2.05) is 0 Å². The maximum atomic E-state index is 9.01. The molecule has 88 valence electrons. The minimum atomic E-state index is -1.67. The minimum Gasteiger partial charge on any atom is -0.481 e. The normalized spacial score (nSPS) is 10.1. The number of anilines is 1. The van der Waals surface area contributed by atoms with E-state index in [9.17, 15) is 0 Å². The lowest BCUT2D eigenvalue weighted by molar-refractivity contribution is 0.303. The van der Waals surface area contributed by atoms with Gasteiger partial charge in [0, 0.05) is 19.8 Å². The quantitative estimate of drug-likeness (QED) is 0.482. The first kappa shape index (κ1) is 12.7. The van der Waals surface area contributed by atoms with E-state index in [1.165, 1.54) is 13.3 Å². The second-order valence-electron chi connectivity index (χ2n) is 3.15. The summed E-state index contributed by atoms with van der Waals surface area (Å²) in [5.74, 6) is 0.445. The van der Waals surface area contributed by atoms with Crippen LogP contribution in [0.1, 0.15) is 0 Å². The second kappa shape index (κ2) is 5.64. The van der Waals surface area contributed by atoms with Crippen LogP contribution < -0.4 is 15.1 Å². The van der Waals surface area contributed by atoms with Gasteiger partial charge in [-0.05, 0) is 0 Å². The van der Waals surface area contributed by atoms with Crippen molar-refractivity contribution in [1.29, 1.82) is 0 Å². The van der Waals surface area contributed by atoms with Crippen LogP contribution in [0.3, 0.4) is 0 Å². The molecule has 0 aliphatic carbocycles. The predicted molar refractivity (Wildman–Crippen MR) is 58.8 cm³/mol. The number of likely N-dealkylation sites (N-methyl/N-ethyl adjacent to an activating group) is 1. The van der Waals surface area contributed by atoms with Crippen molar-refractivity contribution in [2.24, 2.45) is 0 Å². The molecule has 0 fully saturated rings. The highest BCUT2D eigenvalue weighted by Crippen LogP contribution is 2.09. The van der Waals surface area contributed by atoms with E-state index in [0.717, 1.165) is 0 Å². The number of aliphatic hydroxyl groups is 1. The summed E-state index contributed by atoms with van der Waals surface area (Å²) in [7, 11) is 1.41. The lowest BCUT2D eigenvalue weighted by Gasteiger charge is -2.16. The summed E-state index contributed by atoms with van der Waals surface area (Å²) in [4.78, 5) is 9.54. The second-order valence-corrected chi connectivity index (χ2v) is 3.15. The maximum absolute atomic E-state index is 9.01. The molecule has 0 unspecified atom stereocenters. The Morgan fingerprint density at radius 1 is 1.50 bits per heavy atom. The zero-order valence-electron chi connectivity index (χ0n) is 9.16. The van der Waals surface area contributed by atoms with E-state index in [2.05, 4.69) is 9.97 Å². The van der Waals surface area contributed by atoms with Gasteiger partial charge in [0.1, 0.15) is 0 Å². The van der Waals surface area contributed by atoms with Gasteiger partial charge in [0.25, 0.3) is 0 Å². The van der Waals surface area contributed by atoms with E-state index in [-0.39, 0.29) is 17.9 Å². The van der Waals surface area contributed by atoms with E-state index in [0.29, 0.717) is 12.5 Å². The fourth-order valence-electron chi connectivity index (χ4n) is 1.14. The number of nitrogens with zero attached hydrogens (tertiary/aromatic N) is 3. The van der Waals surface area contributed by atoms with Crippen molar-refractivity contribution in [2.45, 2.75) is 0 Å². The molecule has 1 heterocycles. The van der Waals surface area contributed by atoms with E-state index in [1.54, 1.807) is 11.9 Å². The largest absolute Gasteiger partial charge is 0.495 e. The number of aromatic nitrogens is 2. The molecule has 1 rings (SSSR count). The van der Waals surface area contributed by atoms with Crippen molar-refractivity contribution in [2.75, 3.05) is 32.2 Å². The van der Waals surface area contributed by atoms with Crippen molar-refractivity contribution in [3.63, 3.8) is 0 Å². The lowest BCUT2D eigenvalue weighted by Crippen LogP contribution is -2.33. The Bertz CT molecular complexity index is 350. The summed E-state index contributed by atoms with van der Waals surface area (Å²) < 4.78 is 4.92. The number of hydrogen-bond acceptors (Lipinski definition) is 7. The van der Waals surface area contributed by atoms with Crippen LogP contribution in [0.25, 0.3) is 0 Å². The topological polar surface area (TPSA) is 98.9 Å². The molecule has 0 aromatic carbocycles. The SMILES string of the molecule is COc1nc(N(C)CCO)ncc1B(O)O. The van der Waals surface area contributed by atoms with Crippen molar-refractivity contribution in [1.82, 2.24) is 9.97 Å². The van der Waals surface area contributed by atoms with Crippen LogP contribution in [0.2, 0.25) is 0 Å². The lowest BCUT2D eigenvalue weighted by atomic mass is 9.82. The monoisotopic (exact) mass is 227 g/mol. The molecule has 16 heavy (non-hydrogen) atoms. The molecule has 0 aliphatic heterocycles. The summed E-state index contributed by atoms with van der Waals surface area (Å²) in [6.45, 7) is 0.358. The molecule has 8 heteroatoms. The smallest absolute Gasteiger partial charge is 0.481 e. The highest BCUT2D eigenvalue weighted by atomic mass is 16.5. The van der Waals surface area contributed by atoms with Gasteiger partial charge in [0.05, 0.1) is 19.2 Å². The highest BCUT2D eigenvalue weighted by molar-refractivity contribution is 6.59. The Labute approximate surface area is 93.5 Å². The van der Waals surface area contributed by atoms with Crippen LogP contribution in [-0.2, 0) is 0 Å². The predicted octanol–water partition coefficient (Wildman–Crippen LogP) is -2.41. The van der Waals surface area contributed by atoms with Crippen LogP contribution in [0, 0.1) is 0 Å². The van der Waals surface area contributed by atoms with Crippen molar-refractivity contribution < 1.29 is 19.9 Å². The van der Waals surface area contributed by atoms with Crippen molar-refractivity contribution in [3.05, 3.63) is 6.20 Å². The van der Waals surface area contributed by atoms with Crippen LogP contribution in [0.15, 0.2) is 6.20 Å². The first-order valence-electron chi connectivity index (χ1n) is 4.69. The number of hydrogen-bond donors (Lipinski definition) is 3. The molecular weight excluding hydrogens is 213 g/mol. The third-order valence-electron chi connectivity index (χ3n) is 2.02. The number of aliphatic hydroxyl groups excluding tert-OH is 1. The first-order valence-corrected chi connectivity index (χ1v) is 4.69. The minimum absolute atomic E-state index is 0.0213. The fraction of sp³-hybridized carbons (Fsp3) is 0.500. The Morgan fingerprint density at radius 2 is 2.19 bits per heavy atom. The number of rotatable bonds is 5. The Morgan fingerprint density at radius 3 is 2.69 bits per heavy atom. The third-order valence-corrected chi connectivity index (χ3v) is 2.02. The van der Waals surface area contributed by atoms with Crippen molar-refractivity contribution in [3.8, 4) is 5.88 Å². The maximum Gasteiger partial charge on any atom is 0.495 e. The molecule has 0 amide bonds. The molecule has 3 N–H and O–H groups in total. The molecule has 0 aliphatic rings. The van der Waals surface area contributed by atoms with Gasteiger partial charge in [-0.25, -0.2) is 4.98 Å². The summed E-state index contributed by atoms with van der Waals surface area (Å²) in [6.07, 6.45) is 1.28. The summed E-state index contributed by atoms with van der Waals surface area (Å²) in [5, 5.41) is 26.8. The molecule has 1 aromatic rings.